The van der Waals surface area contributed by atoms with Crippen LogP contribution in [0.5, 0.6) is 0 Å². The molecule has 3 aromatic rings. The lowest BCUT2D eigenvalue weighted by Gasteiger charge is -2.29. The molecule has 2 aromatic carbocycles. The van der Waals surface area contributed by atoms with Gasteiger partial charge in [-0.05, 0) is 49.6 Å². The third kappa shape index (κ3) is 3.01. The highest BCUT2D eigenvalue weighted by molar-refractivity contribution is 6.08. The Morgan fingerprint density at radius 2 is 2.00 bits per heavy atom. The second-order valence-corrected chi connectivity index (χ2v) is 6.95. The zero-order valence-electron chi connectivity index (χ0n) is 15.1. The van der Waals surface area contributed by atoms with Crippen molar-refractivity contribution in [3.8, 4) is 0 Å². The topological polar surface area (TPSA) is 45.5 Å². The number of piperidine rings is 1. The maximum Gasteiger partial charge on any atom is 0.246 e. The first-order chi connectivity index (χ1) is 12.7. The number of benzene rings is 2. The number of fused-ring (bicyclic) bond motifs is 3. The van der Waals surface area contributed by atoms with Gasteiger partial charge in [0.1, 0.15) is 0 Å². The van der Waals surface area contributed by atoms with Gasteiger partial charge in [0, 0.05) is 47.5 Å². The molecule has 1 aromatic heterocycles. The molecule has 2 heterocycles. The molecular formula is C22H24N2O2. The summed E-state index contributed by atoms with van der Waals surface area (Å²) < 4.78 is 2.32. The monoisotopic (exact) mass is 348 g/mol. The van der Waals surface area contributed by atoms with Gasteiger partial charge in [-0.1, -0.05) is 24.3 Å². The number of carbonyl (C=O) groups is 1. The van der Waals surface area contributed by atoms with E-state index in [1.807, 2.05) is 6.08 Å². The largest absolute Gasteiger partial charge is 0.391 e. The van der Waals surface area contributed by atoms with Crippen LogP contribution in [0.1, 0.15) is 25.3 Å². The average molecular weight is 348 g/mol. The molecular weight excluding hydrogens is 324 g/mol. The molecule has 1 aliphatic rings. The van der Waals surface area contributed by atoms with Gasteiger partial charge in [0.2, 0.25) is 5.91 Å². The summed E-state index contributed by atoms with van der Waals surface area (Å²) in [6.45, 7) is 4.25. The van der Waals surface area contributed by atoms with Gasteiger partial charge in [0.25, 0.3) is 0 Å². The third-order valence-electron chi connectivity index (χ3n) is 5.24. The van der Waals surface area contributed by atoms with Crippen molar-refractivity contribution in [1.82, 2.24) is 9.47 Å². The standard InChI is InChI=1S/C22H24N2O2/c1-2-24-20-8-4-3-7-18(20)19-14-16(9-11-21(19)24)10-12-22(26)23-13-5-6-17(25)15-23/h3-4,7-12,14,17,25H,2,5-6,13,15H2,1H3/b12-10+. The van der Waals surface area contributed by atoms with Crippen LogP contribution in [0.2, 0.25) is 0 Å². The molecule has 1 amide bonds. The molecule has 4 rings (SSSR count). The van der Waals surface area contributed by atoms with E-state index in [1.165, 1.54) is 21.8 Å². The Labute approximate surface area is 153 Å². The number of hydrogen-bond donors (Lipinski definition) is 1. The van der Waals surface area contributed by atoms with E-state index in [2.05, 4.69) is 54.0 Å². The lowest BCUT2D eigenvalue weighted by atomic mass is 10.1. The second-order valence-electron chi connectivity index (χ2n) is 6.95. The molecule has 4 heteroatoms. The van der Waals surface area contributed by atoms with Gasteiger partial charge in [-0.2, -0.15) is 0 Å². The number of carbonyl (C=O) groups excluding carboxylic acids is 1. The summed E-state index contributed by atoms with van der Waals surface area (Å²) in [6, 6.07) is 14.8. The van der Waals surface area contributed by atoms with Gasteiger partial charge < -0.3 is 14.6 Å². The van der Waals surface area contributed by atoms with Gasteiger partial charge >= 0.3 is 0 Å². The molecule has 0 aliphatic carbocycles. The summed E-state index contributed by atoms with van der Waals surface area (Å²) in [7, 11) is 0. The lowest BCUT2D eigenvalue weighted by molar-refractivity contribution is -0.128. The molecule has 0 radical (unpaired) electrons. The van der Waals surface area contributed by atoms with Gasteiger partial charge in [-0.3, -0.25) is 4.79 Å². The summed E-state index contributed by atoms with van der Waals surface area (Å²) in [5.74, 6) is -0.0279. The Hall–Kier alpha value is -2.59. The van der Waals surface area contributed by atoms with Crippen molar-refractivity contribution in [3.05, 3.63) is 54.1 Å². The number of β-amino-alcohol motifs (C(OH)–C–C–N with tert-alkyl or cyclic N) is 1. The quantitative estimate of drug-likeness (QED) is 0.732. The minimum Gasteiger partial charge on any atom is -0.391 e. The second kappa shape index (κ2) is 6.96. The molecule has 134 valence electrons. The fourth-order valence-electron chi connectivity index (χ4n) is 3.94. The van der Waals surface area contributed by atoms with Crippen molar-refractivity contribution in [2.24, 2.45) is 0 Å². The van der Waals surface area contributed by atoms with E-state index >= 15 is 0 Å². The number of amides is 1. The van der Waals surface area contributed by atoms with E-state index < -0.39 is 6.10 Å². The minimum atomic E-state index is -0.391. The Bertz CT molecular complexity index is 986. The van der Waals surface area contributed by atoms with E-state index in [9.17, 15) is 9.90 Å². The summed E-state index contributed by atoms with van der Waals surface area (Å²) in [4.78, 5) is 14.1. The first-order valence-corrected chi connectivity index (χ1v) is 9.33. The van der Waals surface area contributed by atoms with Crippen molar-refractivity contribution >= 4 is 33.8 Å². The summed E-state index contributed by atoms with van der Waals surface area (Å²) in [5, 5.41) is 12.2. The van der Waals surface area contributed by atoms with Crippen molar-refractivity contribution in [2.75, 3.05) is 13.1 Å². The lowest BCUT2D eigenvalue weighted by Crippen LogP contribution is -2.41. The molecule has 1 N–H and O–H groups in total. The number of aromatic nitrogens is 1. The van der Waals surface area contributed by atoms with Crippen LogP contribution in [0.15, 0.2) is 48.5 Å². The summed E-state index contributed by atoms with van der Waals surface area (Å²) >= 11 is 0. The van der Waals surface area contributed by atoms with Crippen LogP contribution in [-0.4, -0.2) is 39.7 Å². The van der Waals surface area contributed by atoms with Gasteiger partial charge in [0.15, 0.2) is 0 Å². The summed E-state index contributed by atoms with van der Waals surface area (Å²) in [6.07, 6.45) is 4.76. The molecule has 1 fully saturated rings. The van der Waals surface area contributed by atoms with Crippen molar-refractivity contribution in [3.63, 3.8) is 0 Å². The molecule has 0 saturated carbocycles. The molecule has 0 spiro atoms. The normalized spacial score (nSPS) is 18.2. The van der Waals surface area contributed by atoms with Crippen molar-refractivity contribution in [1.29, 1.82) is 0 Å². The van der Waals surface area contributed by atoms with Crippen LogP contribution in [0.4, 0.5) is 0 Å². The van der Waals surface area contributed by atoms with Crippen LogP contribution >= 0.6 is 0 Å². The molecule has 26 heavy (non-hydrogen) atoms. The van der Waals surface area contributed by atoms with Gasteiger partial charge in [-0.15, -0.1) is 0 Å². The summed E-state index contributed by atoms with van der Waals surface area (Å²) in [5.41, 5.74) is 3.48. The predicted octanol–water partition coefficient (Wildman–Crippen LogP) is 3.81. The maximum atomic E-state index is 12.4. The maximum absolute atomic E-state index is 12.4. The minimum absolute atomic E-state index is 0.0279. The average Bonchev–Trinajstić information content (AvgIpc) is 2.99. The van der Waals surface area contributed by atoms with E-state index in [0.29, 0.717) is 6.54 Å². The Balaban J connectivity index is 1.65. The number of likely N-dealkylation sites (tertiary alicyclic amines) is 1. The SMILES string of the molecule is CCn1c2ccccc2c2cc(/C=C/C(=O)N3CCCC(O)C3)ccc21. The van der Waals surface area contributed by atoms with Crippen LogP contribution in [-0.2, 0) is 11.3 Å². The Morgan fingerprint density at radius 3 is 2.81 bits per heavy atom. The van der Waals surface area contributed by atoms with Crippen LogP contribution in [0.25, 0.3) is 27.9 Å². The number of rotatable bonds is 3. The first kappa shape index (κ1) is 16.9. The molecule has 0 bridgehead atoms. The number of nitrogens with zero attached hydrogens (tertiary/aromatic N) is 2. The van der Waals surface area contributed by atoms with Crippen LogP contribution < -0.4 is 0 Å². The number of para-hydroxylation sites is 1. The third-order valence-corrected chi connectivity index (χ3v) is 5.24. The smallest absolute Gasteiger partial charge is 0.246 e. The first-order valence-electron chi connectivity index (χ1n) is 9.33. The highest BCUT2D eigenvalue weighted by Gasteiger charge is 2.20. The van der Waals surface area contributed by atoms with Gasteiger partial charge in [0.05, 0.1) is 6.10 Å². The number of aryl methyl sites for hydroxylation is 1. The Kier molecular flexibility index (Phi) is 4.51. The van der Waals surface area contributed by atoms with Crippen molar-refractivity contribution < 1.29 is 9.90 Å². The zero-order valence-corrected chi connectivity index (χ0v) is 15.1. The highest BCUT2D eigenvalue weighted by atomic mass is 16.3. The number of hydrogen-bond acceptors (Lipinski definition) is 2. The fraction of sp³-hybridized carbons (Fsp3) is 0.318. The number of aliphatic hydroxyl groups is 1. The molecule has 1 aliphatic heterocycles. The zero-order chi connectivity index (χ0) is 18.1. The molecule has 4 nitrogen and oxygen atoms in total. The highest BCUT2D eigenvalue weighted by Crippen LogP contribution is 2.30. The van der Waals surface area contributed by atoms with Gasteiger partial charge in [-0.25, -0.2) is 0 Å². The Morgan fingerprint density at radius 1 is 1.19 bits per heavy atom. The number of aliphatic hydroxyl groups excluding tert-OH is 1. The fourth-order valence-corrected chi connectivity index (χ4v) is 3.94. The van der Waals surface area contributed by atoms with E-state index in [0.717, 1.165) is 31.5 Å². The molecule has 1 saturated heterocycles. The molecule has 1 unspecified atom stereocenters. The van der Waals surface area contributed by atoms with Crippen molar-refractivity contribution in [2.45, 2.75) is 32.4 Å². The van der Waals surface area contributed by atoms with E-state index in [1.54, 1.807) is 11.0 Å². The van der Waals surface area contributed by atoms with E-state index in [4.69, 9.17) is 0 Å². The molecule has 1 atom stereocenters. The van der Waals surface area contributed by atoms with Crippen LogP contribution in [0.3, 0.4) is 0 Å². The predicted molar refractivity (Wildman–Crippen MR) is 106 cm³/mol. The van der Waals surface area contributed by atoms with E-state index in [-0.39, 0.29) is 5.91 Å². The van der Waals surface area contributed by atoms with Crippen LogP contribution in [0, 0.1) is 0 Å².